The fourth-order valence-electron chi connectivity index (χ4n) is 1.47. The van der Waals surface area contributed by atoms with Gasteiger partial charge in [-0.15, -0.1) is 0 Å². The first kappa shape index (κ1) is 13.5. The summed E-state index contributed by atoms with van der Waals surface area (Å²) in [6, 6.07) is 7.72. The Bertz CT molecular complexity index is 647. The van der Waals surface area contributed by atoms with Gasteiger partial charge < -0.3 is 11.1 Å². The Morgan fingerprint density at radius 1 is 1.11 bits per heavy atom. The molecule has 3 nitrogen and oxygen atoms in total. The fraction of sp³-hybridized carbons (Fsp3) is 0. The highest BCUT2D eigenvalue weighted by molar-refractivity contribution is 9.10. The third kappa shape index (κ3) is 3.08. The van der Waals surface area contributed by atoms with Crippen molar-refractivity contribution >= 4 is 33.2 Å². The van der Waals surface area contributed by atoms with Crippen LogP contribution in [0.15, 0.2) is 40.9 Å². The van der Waals surface area contributed by atoms with Crippen LogP contribution >= 0.6 is 15.9 Å². The number of nitrogens with two attached hydrogens (primary N) is 1. The van der Waals surface area contributed by atoms with Gasteiger partial charge in [0.2, 0.25) is 0 Å². The largest absolute Gasteiger partial charge is 0.396 e. The number of amides is 1. The van der Waals surface area contributed by atoms with Crippen molar-refractivity contribution in [3.63, 3.8) is 0 Å². The minimum absolute atomic E-state index is 0.0299. The van der Waals surface area contributed by atoms with Gasteiger partial charge in [0.1, 0.15) is 11.6 Å². The molecular weight excluding hydrogens is 318 g/mol. The van der Waals surface area contributed by atoms with Crippen LogP contribution in [-0.2, 0) is 0 Å². The molecule has 3 N–H and O–H groups in total. The van der Waals surface area contributed by atoms with Crippen molar-refractivity contribution in [3.05, 3.63) is 58.1 Å². The van der Waals surface area contributed by atoms with Crippen LogP contribution < -0.4 is 11.1 Å². The van der Waals surface area contributed by atoms with E-state index >= 15 is 0 Å². The van der Waals surface area contributed by atoms with E-state index in [0.717, 1.165) is 6.07 Å². The van der Waals surface area contributed by atoms with Crippen molar-refractivity contribution < 1.29 is 13.6 Å². The first-order valence-electron chi connectivity index (χ1n) is 5.29. The molecule has 2 aromatic carbocycles. The molecule has 0 aliphatic heterocycles. The van der Waals surface area contributed by atoms with Crippen molar-refractivity contribution in [1.82, 2.24) is 0 Å². The molecule has 6 heteroatoms. The summed E-state index contributed by atoms with van der Waals surface area (Å²) in [5, 5.41) is 2.39. The maximum absolute atomic E-state index is 13.5. The topological polar surface area (TPSA) is 55.1 Å². The zero-order valence-corrected chi connectivity index (χ0v) is 11.2. The number of nitrogens with one attached hydrogen (secondary N) is 1. The van der Waals surface area contributed by atoms with Crippen LogP contribution in [0.1, 0.15) is 10.4 Å². The summed E-state index contributed by atoms with van der Waals surface area (Å²) in [5.74, 6) is -1.74. The molecule has 0 unspecified atom stereocenters. The van der Waals surface area contributed by atoms with Gasteiger partial charge in [0.05, 0.1) is 11.4 Å². The maximum Gasteiger partial charge on any atom is 0.255 e. The molecule has 0 fully saturated rings. The van der Waals surface area contributed by atoms with Crippen molar-refractivity contribution in [2.75, 3.05) is 11.1 Å². The fourth-order valence-corrected chi connectivity index (χ4v) is 1.83. The zero-order chi connectivity index (χ0) is 14.0. The first-order chi connectivity index (χ1) is 8.97. The summed E-state index contributed by atoms with van der Waals surface area (Å²) in [7, 11) is 0. The summed E-state index contributed by atoms with van der Waals surface area (Å²) in [5.41, 5.74) is 5.41. The lowest BCUT2D eigenvalue weighted by Gasteiger charge is -2.07. The van der Waals surface area contributed by atoms with E-state index < -0.39 is 17.5 Å². The number of carbonyl (C=O) groups excluding carboxylic acids is 1. The molecule has 0 aliphatic rings. The average Bonchev–Trinajstić information content (AvgIpc) is 2.37. The van der Waals surface area contributed by atoms with E-state index in [4.69, 9.17) is 5.73 Å². The second-order valence-electron chi connectivity index (χ2n) is 3.81. The molecule has 0 saturated heterocycles. The van der Waals surface area contributed by atoms with Gasteiger partial charge in [-0.3, -0.25) is 4.79 Å². The predicted octanol–water partition coefficient (Wildman–Crippen LogP) is 3.56. The molecule has 0 atom stereocenters. The van der Waals surface area contributed by atoms with Gasteiger partial charge in [0.15, 0.2) is 0 Å². The number of anilines is 2. The minimum Gasteiger partial charge on any atom is -0.396 e. The maximum atomic E-state index is 13.5. The molecule has 0 heterocycles. The monoisotopic (exact) mass is 326 g/mol. The summed E-state index contributed by atoms with van der Waals surface area (Å²) in [6.45, 7) is 0. The molecule has 0 radical (unpaired) electrons. The summed E-state index contributed by atoms with van der Waals surface area (Å²) in [6.07, 6.45) is 0. The molecule has 19 heavy (non-hydrogen) atoms. The lowest BCUT2D eigenvalue weighted by atomic mass is 10.1. The van der Waals surface area contributed by atoms with E-state index in [-0.39, 0.29) is 16.9 Å². The molecule has 0 aromatic heterocycles. The third-order valence-corrected chi connectivity index (χ3v) is 2.93. The number of nitrogen functional groups attached to an aromatic ring is 1. The van der Waals surface area contributed by atoms with Gasteiger partial charge in [-0.05, 0) is 36.4 Å². The van der Waals surface area contributed by atoms with Crippen molar-refractivity contribution in [3.8, 4) is 0 Å². The Morgan fingerprint density at radius 2 is 1.79 bits per heavy atom. The van der Waals surface area contributed by atoms with Gasteiger partial charge in [0, 0.05) is 10.0 Å². The molecule has 98 valence electrons. The minimum atomic E-state index is -0.606. The summed E-state index contributed by atoms with van der Waals surface area (Å²) >= 11 is 3.18. The van der Waals surface area contributed by atoms with E-state index in [1.54, 1.807) is 0 Å². The van der Waals surface area contributed by atoms with Crippen molar-refractivity contribution in [1.29, 1.82) is 0 Å². The van der Waals surface area contributed by atoms with Crippen LogP contribution in [0.5, 0.6) is 0 Å². The van der Waals surface area contributed by atoms with E-state index in [2.05, 4.69) is 21.2 Å². The van der Waals surface area contributed by atoms with Crippen molar-refractivity contribution in [2.24, 2.45) is 0 Å². The number of rotatable bonds is 2. The number of carbonyl (C=O) groups is 1. The average molecular weight is 327 g/mol. The molecule has 1 amide bonds. The highest BCUT2D eigenvalue weighted by atomic mass is 79.9. The van der Waals surface area contributed by atoms with E-state index in [1.807, 2.05) is 0 Å². The number of halogens is 3. The Morgan fingerprint density at radius 3 is 2.47 bits per heavy atom. The lowest BCUT2D eigenvalue weighted by Crippen LogP contribution is -2.13. The van der Waals surface area contributed by atoms with E-state index in [1.165, 1.54) is 30.3 Å². The smallest absolute Gasteiger partial charge is 0.255 e. The third-order valence-electron chi connectivity index (χ3n) is 2.43. The normalized spacial score (nSPS) is 10.3. The molecule has 0 saturated carbocycles. The second kappa shape index (κ2) is 5.36. The van der Waals surface area contributed by atoms with Crippen LogP contribution in [0.2, 0.25) is 0 Å². The quantitative estimate of drug-likeness (QED) is 0.829. The Kier molecular flexibility index (Phi) is 3.80. The first-order valence-corrected chi connectivity index (χ1v) is 6.08. The number of benzene rings is 2. The Labute approximate surface area is 116 Å². The van der Waals surface area contributed by atoms with Crippen LogP contribution in [-0.4, -0.2) is 5.91 Å². The molecule has 2 rings (SSSR count). The molecule has 0 spiro atoms. The van der Waals surface area contributed by atoms with Gasteiger partial charge in [-0.1, -0.05) is 15.9 Å². The van der Waals surface area contributed by atoms with Crippen molar-refractivity contribution in [2.45, 2.75) is 0 Å². The molecule has 0 aliphatic carbocycles. The predicted molar refractivity (Wildman–Crippen MR) is 72.9 cm³/mol. The van der Waals surface area contributed by atoms with Crippen LogP contribution in [0.4, 0.5) is 20.2 Å². The summed E-state index contributed by atoms with van der Waals surface area (Å²) in [4.78, 5) is 11.9. The van der Waals surface area contributed by atoms with Gasteiger partial charge in [-0.25, -0.2) is 8.78 Å². The van der Waals surface area contributed by atoms with Crippen LogP contribution in [0.3, 0.4) is 0 Å². The number of hydrogen-bond donors (Lipinski definition) is 2. The van der Waals surface area contributed by atoms with Crippen LogP contribution in [0.25, 0.3) is 0 Å². The molecule has 0 bridgehead atoms. The molecular formula is C13H9BrF2N2O. The highest BCUT2D eigenvalue weighted by Gasteiger charge is 2.11. The van der Waals surface area contributed by atoms with Gasteiger partial charge in [0.25, 0.3) is 5.91 Å². The SMILES string of the molecule is Nc1cc(C(=O)Nc2cc(Br)ccc2F)ccc1F. The summed E-state index contributed by atoms with van der Waals surface area (Å²) < 4.78 is 27.1. The lowest BCUT2D eigenvalue weighted by molar-refractivity contribution is 0.102. The van der Waals surface area contributed by atoms with E-state index in [0.29, 0.717) is 4.47 Å². The zero-order valence-electron chi connectivity index (χ0n) is 9.58. The Hall–Kier alpha value is -1.95. The number of hydrogen-bond acceptors (Lipinski definition) is 2. The van der Waals surface area contributed by atoms with Gasteiger partial charge in [-0.2, -0.15) is 0 Å². The standard InChI is InChI=1S/C13H9BrF2N2O/c14-8-2-4-10(16)12(6-8)18-13(19)7-1-3-9(15)11(17)5-7/h1-6H,17H2,(H,18,19). The Balaban J connectivity index is 2.25. The highest BCUT2D eigenvalue weighted by Crippen LogP contribution is 2.21. The second-order valence-corrected chi connectivity index (χ2v) is 4.73. The van der Waals surface area contributed by atoms with Gasteiger partial charge >= 0.3 is 0 Å². The van der Waals surface area contributed by atoms with E-state index in [9.17, 15) is 13.6 Å². The molecule has 2 aromatic rings. The van der Waals surface area contributed by atoms with Crippen LogP contribution in [0, 0.1) is 11.6 Å².